The van der Waals surface area contributed by atoms with Gasteiger partial charge in [0.25, 0.3) is 0 Å². The molecule has 21 heavy (non-hydrogen) atoms. The standard InChI is InChI=1S/C14H29O.Na.H2O4S/c1-3-4-5-6-7-8-9-10-11-12-13-14(2)15;;1-5(2,3)4/h14H,3-13H2,1-2H3;;(H2,1,2,3,4)/q-1;+1;. The van der Waals surface area contributed by atoms with Crippen molar-refractivity contribution in [3.63, 3.8) is 0 Å². The number of hydrogen-bond acceptors (Lipinski definition) is 3. The molecule has 0 rings (SSSR count). The Hall–Kier alpha value is 0.830. The van der Waals surface area contributed by atoms with Crippen LogP contribution >= 0.6 is 0 Å². The fourth-order valence-electron chi connectivity index (χ4n) is 1.92. The van der Waals surface area contributed by atoms with Crippen molar-refractivity contribution in [1.82, 2.24) is 0 Å². The van der Waals surface area contributed by atoms with Crippen LogP contribution in [0.2, 0.25) is 0 Å². The van der Waals surface area contributed by atoms with Gasteiger partial charge in [-0.2, -0.15) is 8.42 Å². The topological polar surface area (TPSA) is 97.7 Å². The molecule has 0 radical (unpaired) electrons. The molecule has 0 aromatic heterocycles. The summed E-state index contributed by atoms with van der Waals surface area (Å²) < 4.78 is 31.6. The first-order valence-electron chi connectivity index (χ1n) is 7.63. The molecule has 0 aliphatic heterocycles. The van der Waals surface area contributed by atoms with Gasteiger partial charge in [0, 0.05) is 0 Å². The largest absolute Gasteiger partial charge is 1.00 e. The SMILES string of the molecule is CCCCCCCCCCCCC(C)[O-].O=S(=O)(O)O.[Na+]. The van der Waals surface area contributed by atoms with E-state index >= 15 is 0 Å². The second-order valence-corrected chi connectivity index (χ2v) is 6.12. The molecule has 1 unspecified atom stereocenters. The van der Waals surface area contributed by atoms with E-state index in [1.807, 2.05) is 0 Å². The molecular formula is C14H31NaO5S. The fourth-order valence-corrected chi connectivity index (χ4v) is 1.92. The minimum Gasteiger partial charge on any atom is -0.852 e. The maximum Gasteiger partial charge on any atom is 1.00 e. The predicted molar refractivity (Wildman–Crippen MR) is 80.1 cm³/mol. The van der Waals surface area contributed by atoms with Crippen LogP contribution in [0.15, 0.2) is 0 Å². The Morgan fingerprint density at radius 2 is 1.14 bits per heavy atom. The first-order valence-corrected chi connectivity index (χ1v) is 9.02. The third-order valence-corrected chi connectivity index (χ3v) is 2.96. The van der Waals surface area contributed by atoms with Gasteiger partial charge in [0.1, 0.15) is 0 Å². The van der Waals surface area contributed by atoms with Crippen molar-refractivity contribution in [2.24, 2.45) is 0 Å². The number of hydrogen-bond donors (Lipinski definition) is 2. The average Bonchev–Trinajstić information content (AvgIpc) is 2.29. The Morgan fingerprint density at radius 3 is 1.43 bits per heavy atom. The van der Waals surface area contributed by atoms with Crippen molar-refractivity contribution in [2.75, 3.05) is 0 Å². The van der Waals surface area contributed by atoms with Gasteiger partial charge in [-0.05, 0) is 0 Å². The third-order valence-electron chi connectivity index (χ3n) is 2.96. The molecule has 5 nitrogen and oxygen atoms in total. The van der Waals surface area contributed by atoms with Crippen molar-refractivity contribution in [3.8, 4) is 0 Å². The summed E-state index contributed by atoms with van der Waals surface area (Å²) in [5.41, 5.74) is 0. The van der Waals surface area contributed by atoms with Crippen LogP contribution in [0.25, 0.3) is 0 Å². The van der Waals surface area contributed by atoms with E-state index < -0.39 is 10.4 Å². The Bertz CT molecular complexity index is 273. The Kier molecular flexibility index (Phi) is 24.0. The Morgan fingerprint density at radius 1 is 0.857 bits per heavy atom. The van der Waals surface area contributed by atoms with E-state index in [-0.39, 0.29) is 35.7 Å². The van der Waals surface area contributed by atoms with Crippen molar-refractivity contribution in [2.45, 2.75) is 90.6 Å². The summed E-state index contributed by atoms with van der Waals surface area (Å²) in [4.78, 5) is 0. The van der Waals surface area contributed by atoms with Crippen LogP contribution in [-0.2, 0) is 10.4 Å². The van der Waals surface area contributed by atoms with Gasteiger partial charge in [0.15, 0.2) is 0 Å². The molecule has 1 atom stereocenters. The molecule has 0 saturated heterocycles. The average molecular weight is 334 g/mol. The summed E-state index contributed by atoms with van der Waals surface area (Å²) in [5, 5.41) is 10.8. The van der Waals surface area contributed by atoms with Crippen molar-refractivity contribution in [1.29, 1.82) is 0 Å². The molecule has 0 aromatic rings. The molecule has 0 saturated carbocycles. The van der Waals surface area contributed by atoms with Gasteiger partial charge in [0.2, 0.25) is 0 Å². The first-order chi connectivity index (χ1) is 9.27. The molecule has 0 fully saturated rings. The van der Waals surface area contributed by atoms with Gasteiger partial charge >= 0.3 is 40.0 Å². The summed E-state index contributed by atoms with van der Waals surface area (Å²) in [6, 6.07) is 0. The maximum atomic E-state index is 10.8. The summed E-state index contributed by atoms with van der Waals surface area (Å²) in [7, 11) is -4.67. The zero-order valence-corrected chi connectivity index (χ0v) is 16.7. The van der Waals surface area contributed by atoms with Gasteiger partial charge < -0.3 is 5.11 Å². The van der Waals surface area contributed by atoms with E-state index in [4.69, 9.17) is 17.5 Å². The third kappa shape index (κ3) is 44.9. The molecule has 0 heterocycles. The van der Waals surface area contributed by atoms with Crippen molar-refractivity contribution < 1.29 is 52.2 Å². The molecule has 7 heteroatoms. The van der Waals surface area contributed by atoms with Crippen molar-refractivity contribution in [3.05, 3.63) is 0 Å². The number of rotatable bonds is 11. The molecule has 0 spiro atoms. The van der Waals surface area contributed by atoms with Crippen LogP contribution in [0.1, 0.15) is 84.5 Å². The minimum absolute atomic E-state index is 0. The smallest absolute Gasteiger partial charge is 0.852 e. The minimum atomic E-state index is -4.67. The van der Waals surface area contributed by atoms with Gasteiger partial charge in [-0.3, -0.25) is 9.11 Å². The van der Waals surface area contributed by atoms with E-state index in [1.165, 1.54) is 57.8 Å². The van der Waals surface area contributed by atoms with E-state index in [2.05, 4.69) is 6.92 Å². The van der Waals surface area contributed by atoms with Crippen LogP contribution < -0.4 is 34.7 Å². The second kappa shape index (κ2) is 18.9. The predicted octanol–water partition coefficient (Wildman–Crippen LogP) is 0.397. The Balaban J connectivity index is -0.000000465. The van der Waals surface area contributed by atoms with Crippen LogP contribution in [0.3, 0.4) is 0 Å². The molecule has 0 aliphatic carbocycles. The first kappa shape index (κ1) is 26.7. The normalized spacial score (nSPS) is 12.0. The van der Waals surface area contributed by atoms with Crippen LogP contribution in [0.5, 0.6) is 0 Å². The van der Waals surface area contributed by atoms with E-state index in [0.29, 0.717) is 0 Å². The van der Waals surface area contributed by atoms with Gasteiger partial charge in [0.05, 0.1) is 0 Å². The van der Waals surface area contributed by atoms with Crippen molar-refractivity contribution >= 4 is 10.4 Å². The molecule has 0 amide bonds. The summed E-state index contributed by atoms with van der Waals surface area (Å²) in [6.45, 7) is 4.03. The zero-order chi connectivity index (χ0) is 15.9. The van der Waals surface area contributed by atoms with Gasteiger partial charge in [-0.15, -0.1) is 6.10 Å². The van der Waals surface area contributed by atoms with E-state index in [0.717, 1.165) is 12.8 Å². The Labute approximate surface area is 152 Å². The number of unbranched alkanes of at least 4 members (excludes halogenated alkanes) is 9. The van der Waals surface area contributed by atoms with E-state index in [1.54, 1.807) is 6.92 Å². The molecule has 0 aromatic carbocycles. The van der Waals surface area contributed by atoms with Gasteiger partial charge in [-0.25, -0.2) is 0 Å². The monoisotopic (exact) mass is 334 g/mol. The summed E-state index contributed by atoms with van der Waals surface area (Å²) in [6.07, 6.45) is 14.0. The molecule has 124 valence electrons. The summed E-state index contributed by atoms with van der Waals surface area (Å²) in [5.74, 6) is 0. The van der Waals surface area contributed by atoms with Crippen LogP contribution in [0.4, 0.5) is 0 Å². The molecule has 0 aliphatic rings. The quantitative estimate of drug-likeness (QED) is 0.324. The fraction of sp³-hybridized carbons (Fsp3) is 1.00. The molecular weight excluding hydrogens is 303 g/mol. The van der Waals surface area contributed by atoms with Crippen LogP contribution in [-0.4, -0.2) is 23.6 Å². The van der Waals surface area contributed by atoms with Gasteiger partial charge in [-0.1, -0.05) is 84.5 Å². The summed E-state index contributed by atoms with van der Waals surface area (Å²) >= 11 is 0. The zero-order valence-electron chi connectivity index (χ0n) is 13.9. The van der Waals surface area contributed by atoms with Crippen LogP contribution in [0, 0.1) is 0 Å². The molecule has 2 N–H and O–H groups in total. The maximum absolute atomic E-state index is 10.8. The second-order valence-electron chi connectivity index (χ2n) is 5.23. The molecule has 0 bridgehead atoms. The van der Waals surface area contributed by atoms with E-state index in [9.17, 15) is 5.11 Å².